The van der Waals surface area contributed by atoms with Gasteiger partial charge in [0.25, 0.3) is 0 Å². The van der Waals surface area contributed by atoms with Crippen LogP contribution in [0.1, 0.15) is 34.1 Å². The molecular formula is C27H21Cl2F3O2S. The molecule has 1 atom stereocenters. The number of hydrogen-bond acceptors (Lipinski definition) is 3. The SMILES string of the molecule is Oc1ccc(CC[C@@H](OCc2ccccc2)c2ccc(-c3ccc(C(F)(F)F)cc3)s2)c(Cl)c1Cl. The summed E-state index contributed by atoms with van der Waals surface area (Å²) in [5, 5.41) is 10.2. The quantitative estimate of drug-likeness (QED) is 0.243. The molecule has 1 heterocycles. The Balaban J connectivity index is 1.55. The van der Waals surface area contributed by atoms with Crippen LogP contribution in [0.15, 0.2) is 78.9 Å². The van der Waals surface area contributed by atoms with E-state index in [1.807, 2.05) is 42.5 Å². The van der Waals surface area contributed by atoms with E-state index in [2.05, 4.69) is 0 Å². The summed E-state index contributed by atoms with van der Waals surface area (Å²) in [6, 6.07) is 22.0. The number of benzene rings is 3. The molecule has 1 aromatic heterocycles. The molecule has 1 N–H and O–H groups in total. The summed E-state index contributed by atoms with van der Waals surface area (Å²) in [6.45, 7) is 0.406. The van der Waals surface area contributed by atoms with Gasteiger partial charge in [-0.15, -0.1) is 11.3 Å². The zero-order valence-corrected chi connectivity index (χ0v) is 20.7. The van der Waals surface area contributed by atoms with Crippen LogP contribution in [0.3, 0.4) is 0 Å². The second-order valence-electron chi connectivity index (χ2n) is 7.97. The molecule has 0 amide bonds. The molecule has 0 spiro atoms. The average Bonchev–Trinajstić information content (AvgIpc) is 3.34. The largest absolute Gasteiger partial charge is 0.506 e. The van der Waals surface area contributed by atoms with Gasteiger partial charge in [-0.2, -0.15) is 13.2 Å². The average molecular weight is 537 g/mol. The van der Waals surface area contributed by atoms with Crippen molar-refractivity contribution in [2.24, 2.45) is 0 Å². The molecular weight excluding hydrogens is 516 g/mol. The van der Waals surface area contributed by atoms with E-state index in [0.29, 0.717) is 30.0 Å². The van der Waals surface area contributed by atoms with E-state index >= 15 is 0 Å². The van der Waals surface area contributed by atoms with Crippen molar-refractivity contribution in [1.29, 1.82) is 0 Å². The Morgan fingerprint density at radius 1 is 0.857 bits per heavy atom. The van der Waals surface area contributed by atoms with Crippen molar-refractivity contribution in [1.82, 2.24) is 0 Å². The number of thiophene rings is 1. The fourth-order valence-electron chi connectivity index (χ4n) is 3.64. The zero-order valence-electron chi connectivity index (χ0n) is 18.4. The van der Waals surface area contributed by atoms with Crippen molar-refractivity contribution in [2.45, 2.75) is 31.7 Å². The monoisotopic (exact) mass is 536 g/mol. The highest BCUT2D eigenvalue weighted by molar-refractivity contribution is 7.15. The van der Waals surface area contributed by atoms with Crippen molar-refractivity contribution >= 4 is 34.5 Å². The molecule has 0 aliphatic rings. The van der Waals surface area contributed by atoms with Crippen LogP contribution in [-0.2, 0) is 23.9 Å². The van der Waals surface area contributed by atoms with Crippen LogP contribution in [0.2, 0.25) is 10.0 Å². The van der Waals surface area contributed by atoms with Crippen molar-refractivity contribution in [3.05, 3.63) is 110 Å². The normalized spacial score (nSPS) is 12.6. The smallest absolute Gasteiger partial charge is 0.416 e. The Morgan fingerprint density at radius 2 is 1.57 bits per heavy atom. The van der Waals surface area contributed by atoms with Gasteiger partial charge in [-0.25, -0.2) is 0 Å². The van der Waals surface area contributed by atoms with E-state index in [1.54, 1.807) is 6.07 Å². The highest BCUT2D eigenvalue weighted by Crippen LogP contribution is 2.39. The number of hydrogen-bond donors (Lipinski definition) is 1. The zero-order chi connectivity index (χ0) is 25.0. The van der Waals surface area contributed by atoms with Gasteiger partial charge in [-0.3, -0.25) is 0 Å². The van der Waals surface area contributed by atoms with E-state index in [0.717, 1.165) is 33.0 Å². The summed E-state index contributed by atoms with van der Waals surface area (Å²) in [5.74, 6) is -0.0725. The van der Waals surface area contributed by atoms with Gasteiger partial charge in [0.15, 0.2) is 0 Å². The van der Waals surface area contributed by atoms with Gasteiger partial charge in [-0.1, -0.05) is 71.7 Å². The Kier molecular flexibility index (Phi) is 8.07. The molecule has 0 bridgehead atoms. The maximum absolute atomic E-state index is 12.9. The predicted octanol–water partition coefficient (Wildman–Crippen LogP) is 9.34. The lowest BCUT2D eigenvalue weighted by Crippen LogP contribution is -2.05. The second-order valence-corrected chi connectivity index (χ2v) is 9.84. The van der Waals surface area contributed by atoms with E-state index in [4.69, 9.17) is 27.9 Å². The lowest BCUT2D eigenvalue weighted by Gasteiger charge is -2.18. The standard InChI is InChI=1S/C27H21Cl2F3O2S/c28-25-19(8-12-21(33)26(25)29)9-13-22(34-16-17-4-2-1-3-5-17)24-15-14-23(35-24)18-6-10-20(11-7-18)27(30,31)32/h1-8,10-12,14-15,22,33H,9,13,16H2/t22-/m1/s1. The van der Waals surface area contributed by atoms with Crippen molar-refractivity contribution in [3.63, 3.8) is 0 Å². The number of phenols is 1. The molecule has 0 fully saturated rings. The lowest BCUT2D eigenvalue weighted by atomic mass is 10.0. The molecule has 2 nitrogen and oxygen atoms in total. The van der Waals surface area contributed by atoms with Gasteiger partial charge in [0.2, 0.25) is 0 Å². The summed E-state index contributed by atoms with van der Waals surface area (Å²) in [6.07, 6.45) is -3.48. The molecule has 0 aliphatic heterocycles. The Bertz CT molecular complexity index is 1270. The van der Waals surface area contributed by atoms with Gasteiger partial charge in [0.05, 0.1) is 23.3 Å². The third-order valence-electron chi connectivity index (χ3n) is 5.55. The minimum Gasteiger partial charge on any atom is -0.506 e. The molecule has 4 rings (SSSR count). The van der Waals surface area contributed by atoms with Crippen LogP contribution < -0.4 is 0 Å². The number of phenolic OH excluding ortho intramolecular Hbond substituents is 1. The highest BCUT2D eigenvalue weighted by Gasteiger charge is 2.30. The summed E-state index contributed by atoms with van der Waals surface area (Å²) < 4.78 is 45.0. The number of halogens is 5. The van der Waals surface area contributed by atoms with Crippen LogP contribution in [0.4, 0.5) is 13.2 Å². The number of aromatic hydroxyl groups is 1. The molecule has 182 valence electrons. The van der Waals surface area contributed by atoms with E-state index in [9.17, 15) is 18.3 Å². The summed E-state index contributed by atoms with van der Waals surface area (Å²) in [4.78, 5) is 1.81. The van der Waals surface area contributed by atoms with Crippen molar-refractivity contribution in [3.8, 4) is 16.2 Å². The van der Waals surface area contributed by atoms with Gasteiger partial charge < -0.3 is 9.84 Å². The molecule has 3 aromatic carbocycles. The molecule has 0 radical (unpaired) electrons. The first kappa shape index (κ1) is 25.6. The van der Waals surface area contributed by atoms with Gasteiger partial charge >= 0.3 is 6.18 Å². The Hall–Kier alpha value is -2.51. The molecule has 0 saturated carbocycles. The fraction of sp³-hybridized carbons (Fsp3) is 0.185. The molecule has 4 aromatic rings. The highest BCUT2D eigenvalue weighted by atomic mass is 35.5. The maximum atomic E-state index is 12.9. The molecule has 35 heavy (non-hydrogen) atoms. The third kappa shape index (κ3) is 6.39. The number of aryl methyl sites for hydroxylation is 1. The van der Waals surface area contributed by atoms with Gasteiger partial charge in [0, 0.05) is 9.75 Å². The van der Waals surface area contributed by atoms with Crippen LogP contribution >= 0.6 is 34.5 Å². The Morgan fingerprint density at radius 3 is 2.26 bits per heavy atom. The van der Waals surface area contributed by atoms with Crippen LogP contribution in [0.25, 0.3) is 10.4 Å². The topological polar surface area (TPSA) is 29.5 Å². The van der Waals surface area contributed by atoms with Crippen molar-refractivity contribution in [2.75, 3.05) is 0 Å². The number of alkyl halides is 3. The summed E-state index contributed by atoms with van der Waals surface area (Å²) in [5.41, 5.74) is 1.86. The van der Waals surface area contributed by atoms with E-state index in [-0.39, 0.29) is 16.9 Å². The molecule has 0 unspecified atom stereocenters. The molecule has 0 saturated heterocycles. The minimum absolute atomic E-state index is 0.0725. The van der Waals surface area contributed by atoms with Crippen molar-refractivity contribution < 1.29 is 23.0 Å². The Labute approximate surface area is 215 Å². The molecule has 8 heteroatoms. The van der Waals surface area contributed by atoms with Crippen LogP contribution in [0, 0.1) is 0 Å². The third-order valence-corrected chi connectivity index (χ3v) is 7.69. The lowest BCUT2D eigenvalue weighted by molar-refractivity contribution is -0.137. The van der Waals surface area contributed by atoms with Crippen LogP contribution in [-0.4, -0.2) is 5.11 Å². The number of ether oxygens (including phenoxy) is 1. The molecule has 0 aliphatic carbocycles. The van der Waals surface area contributed by atoms with E-state index < -0.39 is 11.7 Å². The first-order valence-electron chi connectivity index (χ1n) is 10.8. The maximum Gasteiger partial charge on any atom is 0.416 e. The predicted molar refractivity (Wildman–Crippen MR) is 135 cm³/mol. The number of rotatable bonds is 8. The van der Waals surface area contributed by atoms with E-state index in [1.165, 1.54) is 29.5 Å². The fourth-order valence-corrected chi connectivity index (χ4v) is 5.18. The first-order valence-corrected chi connectivity index (χ1v) is 12.4. The first-order chi connectivity index (χ1) is 16.7. The minimum atomic E-state index is -4.37. The van der Waals surface area contributed by atoms with Gasteiger partial charge in [-0.05, 0) is 59.9 Å². The van der Waals surface area contributed by atoms with Crippen LogP contribution in [0.5, 0.6) is 5.75 Å². The van der Waals surface area contributed by atoms with Gasteiger partial charge in [0.1, 0.15) is 10.8 Å². The second kappa shape index (κ2) is 11.0. The summed E-state index contributed by atoms with van der Waals surface area (Å²) in [7, 11) is 0. The summed E-state index contributed by atoms with van der Waals surface area (Å²) >= 11 is 13.9.